The average molecular weight is 345 g/mol. The molecule has 0 aliphatic carbocycles. The minimum atomic E-state index is -3.72. The Labute approximate surface area is 133 Å². The van der Waals surface area contributed by atoms with Crippen LogP contribution in [0.2, 0.25) is 10.0 Å². The Hall–Kier alpha value is -1.43. The molecule has 0 aliphatic heterocycles. The molecule has 0 bridgehead atoms. The van der Waals surface area contributed by atoms with Crippen molar-refractivity contribution < 1.29 is 8.42 Å². The molecule has 0 aliphatic rings. The van der Waals surface area contributed by atoms with Crippen LogP contribution >= 0.6 is 23.2 Å². The van der Waals surface area contributed by atoms with Gasteiger partial charge in [0.15, 0.2) is 0 Å². The topological polar surface area (TPSA) is 72.2 Å². The molecule has 0 unspecified atom stereocenters. The quantitative estimate of drug-likeness (QED) is 0.826. The molecule has 0 atom stereocenters. The lowest BCUT2D eigenvalue weighted by Gasteiger charge is -2.12. The number of benzene rings is 2. The van der Waals surface area contributed by atoms with E-state index in [1.165, 1.54) is 12.1 Å². The first kappa shape index (κ1) is 15.9. The highest BCUT2D eigenvalue weighted by Gasteiger charge is 2.18. The van der Waals surface area contributed by atoms with Crippen molar-refractivity contribution >= 4 is 44.6 Å². The molecule has 0 amide bonds. The maximum Gasteiger partial charge on any atom is 0.262 e. The minimum absolute atomic E-state index is 0.195. The van der Waals surface area contributed by atoms with Crippen LogP contribution in [0.25, 0.3) is 0 Å². The van der Waals surface area contributed by atoms with Crippen molar-refractivity contribution in [1.29, 1.82) is 0 Å². The van der Waals surface area contributed by atoms with Crippen LogP contribution in [-0.4, -0.2) is 8.42 Å². The summed E-state index contributed by atoms with van der Waals surface area (Å²) >= 11 is 11.8. The van der Waals surface area contributed by atoms with Gasteiger partial charge in [0.05, 0.1) is 26.3 Å². The van der Waals surface area contributed by atoms with Crippen molar-refractivity contribution in [3.63, 3.8) is 0 Å². The van der Waals surface area contributed by atoms with E-state index in [1.54, 1.807) is 25.1 Å². The van der Waals surface area contributed by atoms with Crippen LogP contribution in [0.4, 0.5) is 11.4 Å². The van der Waals surface area contributed by atoms with Gasteiger partial charge in [-0.1, -0.05) is 40.9 Å². The van der Waals surface area contributed by atoms with E-state index < -0.39 is 10.0 Å². The highest BCUT2D eigenvalue weighted by Crippen LogP contribution is 2.32. The third kappa shape index (κ3) is 3.43. The predicted molar refractivity (Wildman–Crippen MR) is 87.6 cm³/mol. The van der Waals surface area contributed by atoms with Crippen LogP contribution in [0.1, 0.15) is 11.1 Å². The number of anilines is 2. The Balaban J connectivity index is 2.42. The van der Waals surface area contributed by atoms with Crippen molar-refractivity contribution in [3.05, 3.63) is 51.5 Å². The normalized spacial score (nSPS) is 11.4. The van der Waals surface area contributed by atoms with E-state index in [4.69, 9.17) is 28.9 Å². The van der Waals surface area contributed by atoms with Gasteiger partial charge in [0.25, 0.3) is 10.0 Å². The number of nitrogens with two attached hydrogens (primary N) is 1. The number of sulfonamides is 1. The Morgan fingerprint density at radius 1 is 1.05 bits per heavy atom. The Bertz CT molecular complexity index is 782. The molecule has 2 rings (SSSR count). The predicted octanol–water partition coefficient (Wildman–Crippen LogP) is 3.99. The summed E-state index contributed by atoms with van der Waals surface area (Å²) in [4.78, 5) is 0.206. The van der Waals surface area contributed by atoms with E-state index in [1.807, 2.05) is 6.92 Å². The first-order chi connectivity index (χ1) is 9.70. The molecule has 2 aromatic carbocycles. The molecule has 0 saturated carbocycles. The first-order valence-electron chi connectivity index (χ1n) is 6.05. The fraction of sp³-hybridized carbons (Fsp3) is 0.143. The molecule has 0 saturated heterocycles. The monoisotopic (exact) mass is 344 g/mol. The molecule has 0 aromatic heterocycles. The molecule has 2 aromatic rings. The van der Waals surface area contributed by atoms with E-state index >= 15 is 0 Å². The third-order valence-corrected chi connectivity index (χ3v) is 5.12. The summed E-state index contributed by atoms with van der Waals surface area (Å²) in [7, 11) is -3.72. The molecule has 0 heterocycles. The van der Waals surface area contributed by atoms with Crippen molar-refractivity contribution in [2.75, 3.05) is 10.5 Å². The zero-order valence-corrected chi connectivity index (χ0v) is 13.8. The number of hydrogen-bond acceptors (Lipinski definition) is 3. The van der Waals surface area contributed by atoms with E-state index in [0.29, 0.717) is 5.56 Å². The van der Waals surface area contributed by atoms with Crippen molar-refractivity contribution in [2.24, 2.45) is 0 Å². The molecular weight excluding hydrogens is 331 g/mol. The maximum atomic E-state index is 12.4. The van der Waals surface area contributed by atoms with Crippen LogP contribution in [0.5, 0.6) is 0 Å². The van der Waals surface area contributed by atoms with Gasteiger partial charge in [-0.05, 0) is 37.6 Å². The fourth-order valence-corrected chi connectivity index (χ4v) is 3.71. The van der Waals surface area contributed by atoms with Crippen molar-refractivity contribution in [2.45, 2.75) is 18.7 Å². The average Bonchev–Trinajstić information content (AvgIpc) is 2.34. The zero-order chi connectivity index (χ0) is 15.8. The van der Waals surface area contributed by atoms with Crippen LogP contribution in [0.15, 0.2) is 35.2 Å². The Morgan fingerprint density at radius 2 is 1.62 bits per heavy atom. The largest absolute Gasteiger partial charge is 0.396 e. The van der Waals surface area contributed by atoms with Crippen LogP contribution < -0.4 is 10.5 Å². The molecule has 0 spiro atoms. The molecule has 112 valence electrons. The third-order valence-electron chi connectivity index (χ3n) is 2.95. The SMILES string of the molecule is Cc1ccc(S(=O)(=O)Nc2cc(Cl)c(N)c(Cl)c2)c(C)c1. The lowest BCUT2D eigenvalue weighted by Crippen LogP contribution is -2.14. The highest BCUT2D eigenvalue weighted by molar-refractivity contribution is 7.92. The second-order valence-corrected chi connectivity index (χ2v) is 7.19. The Kier molecular flexibility index (Phi) is 4.37. The smallest absolute Gasteiger partial charge is 0.262 e. The van der Waals surface area contributed by atoms with E-state index in [0.717, 1.165) is 5.56 Å². The molecule has 0 fully saturated rings. The van der Waals surface area contributed by atoms with Gasteiger partial charge in [-0.15, -0.1) is 0 Å². The minimum Gasteiger partial charge on any atom is -0.396 e. The van der Waals surface area contributed by atoms with Crippen LogP contribution in [0, 0.1) is 13.8 Å². The molecule has 4 nitrogen and oxygen atoms in total. The summed E-state index contributed by atoms with van der Waals surface area (Å²) in [5.41, 5.74) is 7.76. The maximum absolute atomic E-state index is 12.4. The summed E-state index contributed by atoms with van der Waals surface area (Å²) < 4.78 is 27.3. The van der Waals surface area contributed by atoms with Gasteiger partial charge in [-0.2, -0.15) is 0 Å². The van der Waals surface area contributed by atoms with Crippen LogP contribution in [0.3, 0.4) is 0 Å². The standard InChI is InChI=1S/C14H14Cl2N2O2S/c1-8-3-4-13(9(2)5-8)21(19,20)18-10-6-11(15)14(17)12(16)7-10/h3-7,18H,17H2,1-2H3. The van der Waals surface area contributed by atoms with Gasteiger partial charge < -0.3 is 5.73 Å². The Morgan fingerprint density at radius 3 is 2.14 bits per heavy atom. The van der Waals surface area contributed by atoms with Crippen molar-refractivity contribution in [1.82, 2.24) is 0 Å². The van der Waals surface area contributed by atoms with Gasteiger partial charge in [-0.3, -0.25) is 4.72 Å². The van der Waals surface area contributed by atoms with E-state index in [-0.39, 0.29) is 26.3 Å². The zero-order valence-electron chi connectivity index (χ0n) is 11.4. The van der Waals surface area contributed by atoms with Gasteiger partial charge >= 0.3 is 0 Å². The number of aryl methyl sites for hydroxylation is 2. The lowest BCUT2D eigenvalue weighted by molar-refractivity contribution is 0.600. The second kappa shape index (κ2) is 5.75. The summed E-state index contributed by atoms with van der Waals surface area (Å²) in [6.07, 6.45) is 0. The number of nitrogen functional groups attached to an aromatic ring is 1. The van der Waals surface area contributed by atoms with Crippen molar-refractivity contribution in [3.8, 4) is 0 Å². The highest BCUT2D eigenvalue weighted by atomic mass is 35.5. The number of nitrogens with one attached hydrogen (secondary N) is 1. The molecular formula is C14H14Cl2N2O2S. The summed E-state index contributed by atoms with van der Waals surface area (Å²) in [6.45, 7) is 3.64. The summed E-state index contributed by atoms with van der Waals surface area (Å²) in [6, 6.07) is 7.95. The van der Waals surface area contributed by atoms with E-state index in [2.05, 4.69) is 4.72 Å². The fourth-order valence-electron chi connectivity index (χ4n) is 1.95. The summed E-state index contributed by atoms with van der Waals surface area (Å²) in [5.74, 6) is 0. The first-order valence-corrected chi connectivity index (χ1v) is 8.29. The van der Waals surface area contributed by atoms with Crippen LogP contribution in [-0.2, 0) is 10.0 Å². The number of rotatable bonds is 3. The van der Waals surface area contributed by atoms with Gasteiger partial charge in [0.1, 0.15) is 0 Å². The summed E-state index contributed by atoms with van der Waals surface area (Å²) in [5, 5.41) is 0.390. The molecule has 0 radical (unpaired) electrons. The number of halogens is 2. The molecule has 21 heavy (non-hydrogen) atoms. The van der Waals surface area contributed by atoms with E-state index in [9.17, 15) is 8.42 Å². The second-order valence-electron chi connectivity index (χ2n) is 4.73. The lowest BCUT2D eigenvalue weighted by atomic mass is 10.2. The molecule has 3 N–H and O–H groups in total. The van der Waals surface area contributed by atoms with Gasteiger partial charge in [-0.25, -0.2) is 8.42 Å². The molecule has 7 heteroatoms. The number of hydrogen-bond donors (Lipinski definition) is 2. The van der Waals surface area contributed by atoms with Gasteiger partial charge in [0.2, 0.25) is 0 Å². The van der Waals surface area contributed by atoms with Gasteiger partial charge in [0, 0.05) is 0 Å².